The second kappa shape index (κ2) is 9.77. The van der Waals surface area contributed by atoms with Gasteiger partial charge in [0.25, 0.3) is 5.91 Å². The fraction of sp³-hybridized carbons (Fsp3) is 0.0690. The molecular weight excluding hydrogens is 503 g/mol. The smallest absolute Gasteiger partial charge is 0.303 e. The van der Waals surface area contributed by atoms with Gasteiger partial charge in [0.05, 0.1) is 12.6 Å². The Morgan fingerprint density at radius 3 is 2.71 bits per heavy atom. The first-order chi connectivity index (χ1) is 18.5. The Balaban J connectivity index is 1.57. The molecule has 1 atom stereocenters. The molecule has 38 heavy (non-hydrogen) atoms. The van der Waals surface area contributed by atoms with Gasteiger partial charge in [-0.05, 0) is 65.2 Å². The molecule has 1 amide bonds. The van der Waals surface area contributed by atoms with Gasteiger partial charge >= 0.3 is 11.4 Å². The second-order valence-corrected chi connectivity index (χ2v) is 10.0. The van der Waals surface area contributed by atoms with E-state index in [9.17, 15) is 9.35 Å². The van der Waals surface area contributed by atoms with E-state index in [2.05, 4.69) is 20.0 Å². The van der Waals surface area contributed by atoms with Gasteiger partial charge in [-0.1, -0.05) is 18.2 Å². The van der Waals surface area contributed by atoms with Crippen LogP contribution >= 0.6 is 0 Å². The van der Waals surface area contributed by atoms with Crippen molar-refractivity contribution in [2.45, 2.75) is 11.4 Å². The fourth-order valence-electron chi connectivity index (χ4n) is 4.50. The summed E-state index contributed by atoms with van der Waals surface area (Å²) >= 11 is -1.45. The van der Waals surface area contributed by atoms with Crippen LogP contribution in [0.3, 0.4) is 0 Å². The number of methoxy groups -OCH3 is 1. The molecule has 188 valence electrons. The number of hydrogen-bond acceptors (Lipinski definition) is 6. The fourth-order valence-corrected chi connectivity index (χ4v) is 5.42. The highest BCUT2D eigenvalue weighted by atomic mass is 32.2. The number of nitrogens with one attached hydrogen (secondary N) is 2. The van der Waals surface area contributed by atoms with E-state index in [0.29, 0.717) is 38.7 Å². The van der Waals surface area contributed by atoms with Crippen molar-refractivity contribution in [2.75, 3.05) is 11.8 Å². The minimum absolute atomic E-state index is 0.209. The summed E-state index contributed by atoms with van der Waals surface area (Å²) in [7, 11) is 1.50. The largest absolute Gasteiger partial charge is 0.479 e. The number of amides is 1. The van der Waals surface area contributed by atoms with Gasteiger partial charge in [-0.3, -0.25) is 9.78 Å². The van der Waals surface area contributed by atoms with E-state index in [1.165, 1.54) is 13.2 Å². The van der Waals surface area contributed by atoms with Gasteiger partial charge in [0, 0.05) is 47.1 Å². The molecule has 0 fully saturated rings. The molecule has 1 aliphatic rings. The maximum atomic E-state index is 15.1. The van der Waals surface area contributed by atoms with Gasteiger partial charge in [-0.25, -0.2) is 9.37 Å². The molecule has 3 heterocycles. The van der Waals surface area contributed by atoms with E-state index < -0.39 is 11.4 Å². The predicted octanol–water partition coefficient (Wildman–Crippen LogP) is 5.83. The van der Waals surface area contributed by atoms with Crippen LogP contribution in [0.2, 0.25) is 0 Å². The van der Waals surface area contributed by atoms with E-state index >= 15 is 4.39 Å². The van der Waals surface area contributed by atoms with Crippen LogP contribution < -0.4 is 14.8 Å². The molecule has 0 saturated carbocycles. The first-order valence-electron chi connectivity index (χ1n) is 11.8. The van der Waals surface area contributed by atoms with Gasteiger partial charge in [0.1, 0.15) is 11.5 Å². The monoisotopic (exact) mass is 525 g/mol. The van der Waals surface area contributed by atoms with Crippen molar-refractivity contribution >= 4 is 33.9 Å². The summed E-state index contributed by atoms with van der Waals surface area (Å²) in [5, 5.41) is 3.66. The highest BCUT2D eigenvalue weighted by molar-refractivity contribution is 7.92. The zero-order valence-corrected chi connectivity index (χ0v) is 21.1. The summed E-state index contributed by atoms with van der Waals surface area (Å²) in [4.78, 5) is 22.4. The number of fused-ring (bicyclic) bond motifs is 9. The van der Waals surface area contributed by atoms with Crippen molar-refractivity contribution in [1.82, 2.24) is 15.3 Å². The zero-order chi connectivity index (χ0) is 26.2. The van der Waals surface area contributed by atoms with Crippen molar-refractivity contribution in [3.8, 4) is 28.1 Å². The first kappa shape index (κ1) is 23.9. The Labute approximate surface area is 221 Å². The number of halogens is 1. The van der Waals surface area contributed by atoms with E-state index in [-0.39, 0.29) is 18.3 Å². The SMILES string of the molecule is COc1ncc2cc1N[S+](O)c1cccc(c1)C(=O)NCc1ccc(F)c(c1)-c1ccnc3ccc-2cc13. The van der Waals surface area contributed by atoms with Crippen molar-refractivity contribution < 1.29 is 18.5 Å². The molecule has 3 N–H and O–H groups in total. The molecule has 1 aliphatic heterocycles. The highest BCUT2D eigenvalue weighted by Gasteiger charge is 2.25. The second-order valence-electron chi connectivity index (χ2n) is 8.78. The van der Waals surface area contributed by atoms with Crippen LogP contribution in [-0.4, -0.2) is 27.5 Å². The van der Waals surface area contributed by atoms with E-state index in [1.54, 1.807) is 54.9 Å². The number of ether oxygens (including phenoxy) is 1. The number of pyridine rings is 2. The van der Waals surface area contributed by atoms with Crippen molar-refractivity contribution in [2.24, 2.45) is 0 Å². The number of anilines is 1. The number of rotatable bonds is 1. The Morgan fingerprint density at radius 1 is 0.947 bits per heavy atom. The van der Waals surface area contributed by atoms with Crippen LogP contribution in [0.4, 0.5) is 10.1 Å². The van der Waals surface area contributed by atoms with Crippen LogP contribution in [0, 0.1) is 5.82 Å². The molecule has 5 aromatic rings. The summed E-state index contributed by atoms with van der Waals surface area (Å²) in [6.07, 6.45) is 3.34. The third-order valence-electron chi connectivity index (χ3n) is 6.42. The molecule has 0 saturated heterocycles. The molecule has 0 spiro atoms. The summed E-state index contributed by atoms with van der Waals surface area (Å²) in [6, 6.07) is 20.9. The molecule has 3 aromatic carbocycles. The summed E-state index contributed by atoms with van der Waals surface area (Å²) < 4.78 is 34.6. The summed E-state index contributed by atoms with van der Waals surface area (Å²) in [6.45, 7) is 0.209. The lowest BCUT2D eigenvalue weighted by molar-refractivity contribution is 0.0950. The number of carbonyl (C=O) groups is 1. The molecule has 0 radical (unpaired) electrons. The Morgan fingerprint density at radius 2 is 1.84 bits per heavy atom. The van der Waals surface area contributed by atoms with Crippen LogP contribution in [0.15, 0.2) is 90.1 Å². The molecule has 2 aromatic heterocycles. The average Bonchev–Trinajstić information content (AvgIpc) is 2.95. The van der Waals surface area contributed by atoms with Crippen LogP contribution in [0.5, 0.6) is 5.88 Å². The standard InChI is InChI=1S/C29H21FN4O3S/c1-37-29-27-14-20(16-33-29)18-6-8-26-24(13-18)22(9-10-31-26)23-11-17(5-7-25(23)30)15-32-28(35)19-3-2-4-21(12-19)38(36)34-27/h2-14,16,34,36H,15H2,1H3/p+1. The highest BCUT2D eigenvalue weighted by Crippen LogP contribution is 2.35. The first-order valence-corrected chi connectivity index (χ1v) is 13.0. The lowest BCUT2D eigenvalue weighted by Crippen LogP contribution is -2.23. The van der Waals surface area contributed by atoms with Crippen molar-refractivity contribution in [1.29, 1.82) is 0 Å². The molecule has 6 rings (SSSR count). The lowest BCUT2D eigenvalue weighted by atomic mass is 9.96. The number of hydrogen-bond donors (Lipinski definition) is 3. The topological polar surface area (TPSA) is 96.4 Å². The molecule has 0 aliphatic carbocycles. The molecular formula is C29H22FN4O3S+. The van der Waals surface area contributed by atoms with Gasteiger partial charge in [0.15, 0.2) is 0 Å². The van der Waals surface area contributed by atoms with Gasteiger partial charge < -0.3 is 10.1 Å². The van der Waals surface area contributed by atoms with Crippen LogP contribution in [-0.2, 0) is 17.9 Å². The molecule has 7 nitrogen and oxygen atoms in total. The predicted molar refractivity (Wildman–Crippen MR) is 146 cm³/mol. The Bertz CT molecular complexity index is 1710. The third kappa shape index (κ3) is 4.42. The third-order valence-corrected chi connectivity index (χ3v) is 7.53. The van der Waals surface area contributed by atoms with Gasteiger partial charge in [-0.2, -0.15) is 9.27 Å². The quantitative estimate of drug-likeness (QED) is 0.238. The van der Waals surface area contributed by atoms with Crippen LogP contribution in [0.1, 0.15) is 15.9 Å². The number of carbonyl (C=O) groups excluding carboxylic acids is 1. The van der Waals surface area contributed by atoms with Gasteiger partial charge in [0.2, 0.25) is 10.8 Å². The Hall–Kier alpha value is -4.47. The van der Waals surface area contributed by atoms with Crippen LogP contribution in [0.25, 0.3) is 33.2 Å². The summed E-state index contributed by atoms with van der Waals surface area (Å²) in [5.41, 5.74) is 5.06. The molecule has 1 unspecified atom stereocenters. The summed E-state index contributed by atoms with van der Waals surface area (Å²) in [5.74, 6) is -0.366. The maximum absolute atomic E-state index is 15.1. The zero-order valence-electron chi connectivity index (χ0n) is 20.2. The average molecular weight is 526 g/mol. The van der Waals surface area contributed by atoms with E-state index in [4.69, 9.17) is 4.74 Å². The minimum Gasteiger partial charge on any atom is -0.479 e. The minimum atomic E-state index is -1.45. The number of nitrogens with zero attached hydrogens (tertiary/aromatic N) is 2. The normalized spacial score (nSPS) is 14.8. The Kier molecular flexibility index (Phi) is 6.15. The van der Waals surface area contributed by atoms with E-state index in [1.807, 2.05) is 24.3 Å². The van der Waals surface area contributed by atoms with E-state index in [0.717, 1.165) is 22.1 Å². The molecule has 9 heteroatoms. The van der Waals surface area contributed by atoms with Crippen molar-refractivity contribution in [3.05, 3.63) is 102 Å². The lowest BCUT2D eigenvalue weighted by Gasteiger charge is -2.13. The van der Waals surface area contributed by atoms with Crippen molar-refractivity contribution in [3.63, 3.8) is 0 Å². The molecule has 8 bridgehead atoms. The maximum Gasteiger partial charge on any atom is 0.303 e. The number of benzene rings is 3. The number of aromatic nitrogens is 2. The van der Waals surface area contributed by atoms with Gasteiger partial charge in [-0.15, -0.1) is 0 Å².